The molecule has 168 valence electrons. The second kappa shape index (κ2) is 11.3. The molecule has 3 aromatic rings. The maximum absolute atomic E-state index is 13.0. The number of thioether (sulfide) groups is 1. The number of carbonyl (C=O) groups excluding carboxylic acids is 2. The van der Waals surface area contributed by atoms with Gasteiger partial charge >= 0.3 is 0 Å². The van der Waals surface area contributed by atoms with Crippen molar-refractivity contribution in [2.75, 3.05) is 23.0 Å². The zero-order valence-electron chi connectivity index (χ0n) is 17.8. The Morgan fingerprint density at radius 3 is 2.22 bits per heavy atom. The lowest BCUT2D eigenvalue weighted by molar-refractivity contribution is -0.116. The summed E-state index contributed by atoms with van der Waals surface area (Å²) in [5.74, 6) is 0.517. The van der Waals surface area contributed by atoms with E-state index in [9.17, 15) is 14.0 Å². The highest BCUT2D eigenvalue weighted by Crippen LogP contribution is 2.19. The molecule has 0 unspecified atom stereocenters. The minimum absolute atomic E-state index is 0.0520. The lowest BCUT2D eigenvalue weighted by atomic mass is 10.3. The van der Waals surface area contributed by atoms with Gasteiger partial charge in [-0.2, -0.15) is 0 Å². The first-order valence-electron chi connectivity index (χ1n) is 10.1. The summed E-state index contributed by atoms with van der Waals surface area (Å²) in [6, 6.07) is 12.7. The molecule has 0 spiro atoms. The molecular formula is C22H24FN5O3S. The van der Waals surface area contributed by atoms with Gasteiger partial charge in [0, 0.05) is 17.9 Å². The van der Waals surface area contributed by atoms with E-state index < -0.39 is 0 Å². The van der Waals surface area contributed by atoms with Crippen LogP contribution in [0.4, 0.5) is 15.8 Å². The van der Waals surface area contributed by atoms with Crippen molar-refractivity contribution >= 4 is 35.0 Å². The zero-order chi connectivity index (χ0) is 22.9. The van der Waals surface area contributed by atoms with Gasteiger partial charge in [-0.05, 0) is 62.4 Å². The predicted molar refractivity (Wildman–Crippen MR) is 121 cm³/mol. The third-order valence-corrected chi connectivity index (χ3v) is 5.30. The highest BCUT2D eigenvalue weighted by atomic mass is 32.2. The van der Waals surface area contributed by atoms with E-state index in [0.717, 1.165) is 5.75 Å². The molecule has 8 nitrogen and oxygen atoms in total. The lowest BCUT2D eigenvalue weighted by Gasteiger charge is -2.09. The van der Waals surface area contributed by atoms with Crippen LogP contribution in [0.5, 0.6) is 5.75 Å². The maximum Gasteiger partial charge on any atom is 0.234 e. The van der Waals surface area contributed by atoms with Gasteiger partial charge in [0.05, 0.1) is 18.8 Å². The van der Waals surface area contributed by atoms with E-state index in [4.69, 9.17) is 4.74 Å². The molecule has 1 aromatic heterocycles. The number of anilines is 2. The number of benzene rings is 2. The molecule has 2 amide bonds. The van der Waals surface area contributed by atoms with E-state index >= 15 is 0 Å². The standard InChI is InChI=1S/C22H24FN5O3S/c1-3-28-19(13-20(29)24-17-9-11-18(12-10-17)31-4-2)26-27-22(28)32-14-21(30)25-16-7-5-15(23)6-8-16/h5-12H,3-4,13-14H2,1-2H3,(H,24,29)(H,25,30). The third kappa shape index (κ3) is 6.55. The van der Waals surface area contributed by atoms with Crippen molar-refractivity contribution in [1.29, 1.82) is 0 Å². The van der Waals surface area contributed by atoms with E-state index in [-0.39, 0.29) is 29.8 Å². The van der Waals surface area contributed by atoms with Crippen molar-refractivity contribution in [2.45, 2.75) is 32.0 Å². The number of ether oxygens (including phenoxy) is 1. The van der Waals surface area contributed by atoms with Gasteiger partial charge in [0.25, 0.3) is 0 Å². The summed E-state index contributed by atoms with van der Waals surface area (Å²) in [5.41, 5.74) is 1.17. The van der Waals surface area contributed by atoms with Gasteiger partial charge in [0.1, 0.15) is 17.4 Å². The van der Waals surface area contributed by atoms with E-state index in [1.807, 2.05) is 13.8 Å². The Balaban J connectivity index is 1.54. The van der Waals surface area contributed by atoms with E-state index in [2.05, 4.69) is 20.8 Å². The molecule has 10 heteroatoms. The number of halogens is 1. The normalized spacial score (nSPS) is 10.6. The van der Waals surface area contributed by atoms with Gasteiger partial charge in [-0.3, -0.25) is 9.59 Å². The van der Waals surface area contributed by atoms with Crippen molar-refractivity contribution in [2.24, 2.45) is 0 Å². The number of rotatable bonds is 10. The van der Waals surface area contributed by atoms with Crippen LogP contribution in [0.2, 0.25) is 0 Å². The Kier molecular flexibility index (Phi) is 8.20. The first kappa shape index (κ1) is 23.3. The Morgan fingerprint density at radius 2 is 1.59 bits per heavy atom. The quantitative estimate of drug-likeness (QED) is 0.450. The molecular weight excluding hydrogens is 433 g/mol. The Hall–Kier alpha value is -3.40. The molecule has 0 saturated heterocycles. The molecule has 0 saturated carbocycles. The number of hydrogen-bond donors (Lipinski definition) is 2. The van der Waals surface area contributed by atoms with Gasteiger partial charge in [-0.1, -0.05) is 11.8 Å². The molecule has 0 bridgehead atoms. The second-order valence-corrected chi connectivity index (χ2v) is 7.61. The van der Waals surface area contributed by atoms with Crippen LogP contribution in [0, 0.1) is 5.82 Å². The SMILES string of the molecule is CCOc1ccc(NC(=O)Cc2nnc(SCC(=O)Nc3ccc(F)cc3)n2CC)cc1. The summed E-state index contributed by atoms with van der Waals surface area (Å²) in [7, 11) is 0. The third-order valence-electron chi connectivity index (χ3n) is 4.34. The van der Waals surface area contributed by atoms with Gasteiger partial charge in [-0.25, -0.2) is 4.39 Å². The minimum Gasteiger partial charge on any atom is -0.494 e. The highest BCUT2D eigenvalue weighted by molar-refractivity contribution is 7.99. The fourth-order valence-electron chi connectivity index (χ4n) is 2.88. The molecule has 2 aromatic carbocycles. The molecule has 0 aliphatic rings. The van der Waals surface area contributed by atoms with Crippen molar-refractivity contribution in [3.63, 3.8) is 0 Å². The monoisotopic (exact) mass is 457 g/mol. The molecule has 0 radical (unpaired) electrons. The summed E-state index contributed by atoms with van der Waals surface area (Å²) in [4.78, 5) is 24.6. The van der Waals surface area contributed by atoms with Crippen LogP contribution in [-0.4, -0.2) is 38.9 Å². The summed E-state index contributed by atoms with van der Waals surface area (Å²) in [5, 5.41) is 14.3. The summed E-state index contributed by atoms with van der Waals surface area (Å²) in [6.07, 6.45) is 0.0520. The van der Waals surface area contributed by atoms with Crippen LogP contribution in [-0.2, 0) is 22.6 Å². The number of carbonyl (C=O) groups is 2. The number of aromatic nitrogens is 3. The molecule has 0 aliphatic carbocycles. The smallest absolute Gasteiger partial charge is 0.234 e. The van der Waals surface area contributed by atoms with E-state index in [1.165, 1.54) is 36.0 Å². The van der Waals surface area contributed by atoms with Crippen molar-refractivity contribution in [1.82, 2.24) is 14.8 Å². The number of nitrogens with zero attached hydrogens (tertiary/aromatic N) is 3. The van der Waals surface area contributed by atoms with Crippen LogP contribution in [0.15, 0.2) is 53.7 Å². The van der Waals surface area contributed by atoms with E-state index in [1.54, 1.807) is 28.8 Å². The summed E-state index contributed by atoms with van der Waals surface area (Å²) >= 11 is 1.22. The number of nitrogens with one attached hydrogen (secondary N) is 2. The van der Waals surface area contributed by atoms with Gasteiger partial charge < -0.3 is 19.9 Å². The molecule has 0 atom stereocenters. The summed E-state index contributed by atoms with van der Waals surface area (Å²) in [6.45, 7) is 4.96. The molecule has 0 aliphatic heterocycles. The molecule has 3 rings (SSSR count). The van der Waals surface area contributed by atoms with Crippen LogP contribution in [0.25, 0.3) is 0 Å². The Morgan fingerprint density at radius 1 is 0.969 bits per heavy atom. The number of amides is 2. The summed E-state index contributed by atoms with van der Waals surface area (Å²) < 4.78 is 20.2. The van der Waals surface area contributed by atoms with Crippen molar-refractivity contribution < 1.29 is 18.7 Å². The first-order valence-corrected chi connectivity index (χ1v) is 11.1. The van der Waals surface area contributed by atoms with Gasteiger partial charge in [0.15, 0.2) is 5.16 Å². The molecule has 32 heavy (non-hydrogen) atoms. The maximum atomic E-state index is 13.0. The van der Waals surface area contributed by atoms with Crippen molar-refractivity contribution in [3.8, 4) is 5.75 Å². The van der Waals surface area contributed by atoms with Crippen LogP contribution in [0.1, 0.15) is 19.7 Å². The lowest BCUT2D eigenvalue weighted by Crippen LogP contribution is -2.18. The average Bonchev–Trinajstić information content (AvgIpc) is 3.16. The van der Waals surface area contributed by atoms with Gasteiger partial charge in [-0.15, -0.1) is 10.2 Å². The fourth-order valence-corrected chi connectivity index (χ4v) is 3.71. The second-order valence-electron chi connectivity index (χ2n) is 6.67. The Labute approximate surface area is 189 Å². The predicted octanol–water partition coefficient (Wildman–Crippen LogP) is 3.75. The van der Waals surface area contributed by atoms with E-state index in [0.29, 0.717) is 35.5 Å². The largest absolute Gasteiger partial charge is 0.494 e. The van der Waals surface area contributed by atoms with Crippen LogP contribution in [0.3, 0.4) is 0 Å². The first-order chi connectivity index (χ1) is 15.5. The highest BCUT2D eigenvalue weighted by Gasteiger charge is 2.16. The van der Waals surface area contributed by atoms with Crippen molar-refractivity contribution in [3.05, 3.63) is 60.2 Å². The molecule has 2 N–H and O–H groups in total. The average molecular weight is 458 g/mol. The molecule has 1 heterocycles. The Bertz CT molecular complexity index is 1050. The minimum atomic E-state index is -0.368. The zero-order valence-corrected chi connectivity index (χ0v) is 18.6. The fraction of sp³-hybridized carbons (Fsp3) is 0.273. The van der Waals surface area contributed by atoms with Gasteiger partial charge in [0.2, 0.25) is 11.8 Å². The van der Waals surface area contributed by atoms with Crippen LogP contribution < -0.4 is 15.4 Å². The molecule has 0 fully saturated rings. The number of hydrogen-bond acceptors (Lipinski definition) is 6. The van der Waals surface area contributed by atoms with Crippen LogP contribution >= 0.6 is 11.8 Å². The topological polar surface area (TPSA) is 98.1 Å².